The Morgan fingerprint density at radius 3 is 2.16 bits per heavy atom. The molecule has 1 atom stereocenters. The SMILES string of the molecule is Cc1cccc2c(-c3cccc(N(C)c4ccc(C(Cc5ccccc5)C(=O)O)cc4)c3)c(C(=O)c3ccccc3)cnc12. The third-order valence-corrected chi connectivity index (χ3v) is 8.17. The van der Waals surface area contributed by atoms with Gasteiger partial charge in [-0.05, 0) is 59.9 Å². The molecule has 6 rings (SSSR count). The number of carboxylic acids is 1. The van der Waals surface area contributed by atoms with E-state index in [1.54, 1.807) is 6.20 Å². The molecule has 0 saturated carbocycles. The Bertz CT molecular complexity index is 1950. The molecule has 1 heterocycles. The summed E-state index contributed by atoms with van der Waals surface area (Å²) in [5.74, 6) is -1.55. The average molecular weight is 577 g/mol. The van der Waals surface area contributed by atoms with Gasteiger partial charge in [-0.15, -0.1) is 0 Å². The van der Waals surface area contributed by atoms with Crippen LogP contribution in [0.2, 0.25) is 0 Å². The normalized spacial score (nSPS) is 11.7. The molecule has 0 amide bonds. The largest absolute Gasteiger partial charge is 0.481 e. The van der Waals surface area contributed by atoms with Gasteiger partial charge in [0.1, 0.15) is 0 Å². The fourth-order valence-electron chi connectivity index (χ4n) is 5.75. The number of aryl methyl sites for hydroxylation is 1. The van der Waals surface area contributed by atoms with Crippen LogP contribution in [0, 0.1) is 6.92 Å². The Hall–Kier alpha value is -5.55. The molecule has 1 N–H and O–H groups in total. The molecule has 5 heteroatoms. The average Bonchev–Trinajstić information content (AvgIpc) is 3.07. The lowest BCUT2D eigenvalue weighted by molar-refractivity contribution is -0.138. The molecule has 216 valence electrons. The number of aromatic nitrogens is 1. The topological polar surface area (TPSA) is 70.5 Å². The van der Waals surface area contributed by atoms with E-state index in [9.17, 15) is 14.7 Å². The van der Waals surface area contributed by atoms with Crippen LogP contribution in [0.15, 0.2) is 134 Å². The smallest absolute Gasteiger partial charge is 0.311 e. The molecular formula is C39H32N2O3. The van der Waals surface area contributed by atoms with Crippen molar-refractivity contribution in [2.75, 3.05) is 11.9 Å². The molecule has 0 aliphatic heterocycles. The maximum atomic E-state index is 13.8. The Morgan fingerprint density at radius 2 is 1.45 bits per heavy atom. The molecule has 5 nitrogen and oxygen atoms in total. The first-order chi connectivity index (χ1) is 21.4. The van der Waals surface area contributed by atoms with Crippen molar-refractivity contribution in [3.63, 3.8) is 0 Å². The minimum Gasteiger partial charge on any atom is -0.481 e. The van der Waals surface area contributed by atoms with Gasteiger partial charge in [-0.2, -0.15) is 0 Å². The van der Waals surface area contributed by atoms with Crippen LogP contribution in [0.1, 0.15) is 38.5 Å². The van der Waals surface area contributed by atoms with Crippen LogP contribution in [-0.4, -0.2) is 28.9 Å². The molecule has 44 heavy (non-hydrogen) atoms. The number of anilines is 2. The molecule has 0 spiro atoms. The number of para-hydroxylation sites is 1. The van der Waals surface area contributed by atoms with E-state index in [0.717, 1.165) is 50.1 Å². The highest BCUT2D eigenvalue weighted by Gasteiger charge is 2.22. The number of carboxylic acid groups (broad SMARTS) is 1. The summed E-state index contributed by atoms with van der Waals surface area (Å²) in [4.78, 5) is 32.7. The van der Waals surface area contributed by atoms with Crippen molar-refractivity contribution in [2.45, 2.75) is 19.3 Å². The lowest BCUT2D eigenvalue weighted by Crippen LogP contribution is -2.15. The number of hydrogen-bond donors (Lipinski definition) is 1. The molecule has 6 aromatic rings. The summed E-state index contributed by atoms with van der Waals surface area (Å²) in [6.45, 7) is 2.03. The number of pyridine rings is 1. The molecule has 0 radical (unpaired) electrons. The van der Waals surface area contributed by atoms with Gasteiger partial charge in [-0.25, -0.2) is 0 Å². The fourth-order valence-corrected chi connectivity index (χ4v) is 5.75. The highest BCUT2D eigenvalue weighted by atomic mass is 16.4. The minimum absolute atomic E-state index is 0.0747. The fraction of sp³-hybridized carbons (Fsp3) is 0.103. The molecule has 1 unspecified atom stereocenters. The van der Waals surface area contributed by atoms with Crippen LogP contribution in [0.5, 0.6) is 0 Å². The van der Waals surface area contributed by atoms with Gasteiger partial charge in [-0.1, -0.05) is 103 Å². The van der Waals surface area contributed by atoms with Crippen molar-refractivity contribution in [3.05, 3.63) is 161 Å². The number of ketones is 1. The standard InChI is InChI=1S/C39H32N2O3/c1-26-11-9-18-33-36(35(25-40-37(26)33)38(42)29-14-7-4-8-15-29)30-16-10-17-32(24-30)41(2)31-21-19-28(20-22-31)34(39(43)44)23-27-12-5-3-6-13-27/h3-22,24-25,34H,23H2,1-2H3,(H,43,44). The molecule has 5 aromatic carbocycles. The van der Waals surface area contributed by atoms with Gasteiger partial charge in [0.2, 0.25) is 0 Å². The van der Waals surface area contributed by atoms with Crippen LogP contribution in [0.3, 0.4) is 0 Å². The summed E-state index contributed by atoms with van der Waals surface area (Å²) < 4.78 is 0. The molecule has 0 aliphatic carbocycles. The van der Waals surface area contributed by atoms with Crippen LogP contribution >= 0.6 is 0 Å². The van der Waals surface area contributed by atoms with E-state index in [0.29, 0.717) is 17.5 Å². The second kappa shape index (κ2) is 12.4. The van der Waals surface area contributed by atoms with Crippen molar-refractivity contribution in [1.29, 1.82) is 0 Å². The maximum absolute atomic E-state index is 13.8. The summed E-state index contributed by atoms with van der Waals surface area (Å²) >= 11 is 0. The molecular weight excluding hydrogens is 544 g/mol. The molecule has 1 aromatic heterocycles. The van der Waals surface area contributed by atoms with Gasteiger partial charge < -0.3 is 10.0 Å². The number of fused-ring (bicyclic) bond motifs is 1. The van der Waals surface area contributed by atoms with Crippen molar-refractivity contribution < 1.29 is 14.7 Å². The number of carbonyl (C=O) groups is 2. The highest BCUT2D eigenvalue weighted by molar-refractivity contribution is 6.16. The lowest BCUT2D eigenvalue weighted by atomic mass is 9.91. The number of nitrogens with zero attached hydrogens (tertiary/aromatic N) is 2. The molecule has 0 fully saturated rings. The van der Waals surface area contributed by atoms with E-state index in [1.807, 2.05) is 135 Å². The third-order valence-electron chi connectivity index (χ3n) is 8.17. The van der Waals surface area contributed by atoms with E-state index in [-0.39, 0.29) is 5.78 Å². The zero-order chi connectivity index (χ0) is 30.6. The monoisotopic (exact) mass is 576 g/mol. The molecule has 0 saturated heterocycles. The molecule has 0 bridgehead atoms. The number of aliphatic carboxylic acids is 1. The van der Waals surface area contributed by atoms with E-state index in [4.69, 9.17) is 4.98 Å². The molecule has 0 aliphatic rings. The lowest BCUT2D eigenvalue weighted by Gasteiger charge is -2.22. The van der Waals surface area contributed by atoms with Gasteiger partial charge in [0.15, 0.2) is 5.78 Å². The Kier molecular flexibility index (Phi) is 8.02. The van der Waals surface area contributed by atoms with Gasteiger partial charge in [-0.3, -0.25) is 14.6 Å². The second-order valence-electron chi connectivity index (χ2n) is 11.0. The van der Waals surface area contributed by atoms with Gasteiger partial charge in [0.05, 0.1) is 11.4 Å². The van der Waals surface area contributed by atoms with Crippen LogP contribution in [0.25, 0.3) is 22.0 Å². The van der Waals surface area contributed by atoms with Crippen molar-refractivity contribution in [3.8, 4) is 11.1 Å². The van der Waals surface area contributed by atoms with E-state index in [2.05, 4.69) is 11.0 Å². The zero-order valence-electron chi connectivity index (χ0n) is 24.6. The van der Waals surface area contributed by atoms with E-state index >= 15 is 0 Å². The second-order valence-corrected chi connectivity index (χ2v) is 11.0. The Balaban J connectivity index is 1.36. The van der Waals surface area contributed by atoms with Gasteiger partial charge in [0, 0.05) is 46.7 Å². The maximum Gasteiger partial charge on any atom is 0.311 e. The van der Waals surface area contributed by atoms with E-state index in [1.165, 1.54) is 0 Å². The number of benzene rings is 5. The quantitative estimate of drug-likeness (QED) is 0.175. The predicted octanol–water partition coefficient (Wildman–Crippen LogP) is 8.62. The number of hydrogen-bond acceptors (Lipinski definition) is 4. The van der Waals surface area contributed by atoms with Crippen LogP contribution in [0.4, 0.5) is 11.4 Å². The first-order valence-corrected chi connectivity index (χ1v) is 14.6. The third kappa shape index (κ3) is 5.72. The minimum atomic E-state index is -0.844. The van der Waals surface area contributed by atoms with Crippen molar-refractivity contribution >= 4 is 34.0 Å². The summed E-state index contributed by atoms with van der Waals surface area (Å²) in [6.07, 6.45) is 2.13. The first-order valence-electron chi connectivity index (χ1n) is 14.6. The number of carbonyl (C=O) groups excluding carboxylic acids is 1. The van der Waals surface area contributed by atoms with Crippen molar-refractivity contribution in [2.24, 2.45) is 0 Å². The zero-order valence-corrected chi connectivity index (χ0v) is 24.6. The Labute approximate surface area is 257 Å². The summed E-state index contributed by atoms with van der Waals surface area (Å²) in [7, 11) is 1.98. The van der Waals surface area contributed by atoms with Gasteiger partial charge in [0.25, 0.3) is 0 Å². The summed E-state index contributed by atoms with van der Waals surface area (Å²) in [5, 5.41) is 10.9. The first kappa shape index (κ1) is 28.6. The van der Waals surface area contributed by atoms with Crippen molar-refractivity contribution in [1.82, 2.24) is 4.98 Å². The van der Waals surface area contributed by atoms with Gasteiger partial charge >= 0.3 is 5.97 Å². The van der Waals surface area contributed by atoms with Crippen LogP contribution < -0.4 is 4.90 Å². The number of rotatable bonds is 9. The van der Waals surface area contributed by atoms with E-state index < -0.39 is 11.9 Å². The predicted molar refractivity (Wildman–Crippen MR) is 177 cm³/mol. The summed E-state index contributed by atoms with van der Waals surface area (Å²) in [6, 6.07) is 40.9. The Morgan fingerprint density at radius 1 is 0.773 bits per heavy atom. The van der Waals surface area contributed by atoms with Crippen LogP contribution in [-0.2, 0) is 11.2 Å². The summed E-state index contributed by atoms with van der Waals surface area (Å²) in [5.41, 5.74) is 8.44. The highest BCUT2D eigenvalue weighted by Crippen LogP contribution is 2.36.